The molecule has 0 spiro atoms. The van der Waals surface area contributed by atoms with Crippen LogP contribution in [0.3, 0.4) is 0 Å². The van der Waals surface area contributed by atoms with E-state index in [9.17, 15) is 0 Å². The summed E-state index contributed by atoms with van der Waals surface area (Å²) in [5.41, 5.74) is 1.42. The van der Waals surface area contributed by atoms with Crippen LogP contribution in [-0.4, -0.2) is 38.2 Å². The molecule has 1 aromatic rings. The number of rotatable bonds is 6. The Bertz CT molecular complexity index is 392. The van der Waals surface area contributed by atoms with Crippen molar-refractivity contribution in [3.05, 3.63) is 29.8 Å². The van der Waals surface area contributed by atoms with Crippen molar-refractivity contribution in [2.24, 2.45) is 5.92 Å². The van der Waals surface area contributed by atoms with Crippen LogP contribution < -0.4 is 10.1 Å². The highest BCUT2D eigenvalue weighted by Crippen LogP contribution is 2.29. The fraction of sp³-hybridized carbons (Fsp3) is 0.647. The van der Waals surface area contributed by atoms with Crippen molar-refractivity contribution in [3.63, 3.8) is 0 Å². The van der Waals surface area contributed by atoms with Gasteiger partial charge in [-0.15, -0.1) is 24.8 Å². The Morgan fingerprint density at radius 3 is 2.14 bits per heavy atom. The molecule has 0 aromatic heterocycles. The quantitative estimate of drug-likeness (QED) is 0.842. The lowest BCUT2D eigenvalue weighted by Crippen LogP contribution is -2.45. The molecule has 3 nitrogen and oxygen atoms in total. The van der Waals surface area contributed by atoms with Crippen molar-refractivity contribution in [3.8, 4) is 5.75 Å². The van der Waals surface area contributed by atoms with E-state index in [0.717, 1.165) is 37.8 Å². The Morgan fingerprint density at radius 1 is 1.05 bits per heavy atom. The first-order valence-corrected chi connectivity index (χ1v) is 7.79. The van der Waals surface area contributed by atoms with E-state index < -0.39 is 0 Å². The zero-order valence-corrected chi connectivity index (χ0v) is 15.5. The van der Waals surface area contributed by atoms with E-state index in [1.165, 1.54) is 18.4 Å². The predicted octanol–water partition coefficient (Wildman–Crippen LogP) is 3.92. The van der Waals surface area contributed by atoms with Crippen molar-refractivity contribution in [2.75, 3.05) is 33.3 Å². The summed E-state index contributed by atoms with van der Waals surface area (Å²) in [7, 11) is 1.72. The van der Waals surface area contributed by atoms with E-state index in [-0.39, 0.29) is 24.8 Å². The van der Waals surface area contributed by atoms with Crippen molar-refractivity contribution < 1.29 is 4.74 Å². The first kappa shape index (κ1) is 21.5. The lowest BCUT2D eigenvalue weighted by molar-refractivity contribution is 0.159. The minimum Gasteiger partial charge on any atom is -0.497 e. The molecule has 0 saturated carbocycles. The van der Waals surface area contributed by atoms with E-state index in [0.29, 0.717) is 6.04 Å². The van der Waals surface area contributed by atoms with E-state index in [1.807, 2.05) is 0 Å². The first-order valence-electron chi connectivity index (χ1n) is 7.79. The summed E-state index contributed by atoms with van der Waals surface area (Å²) in [6, 6.07) is 9.17. The van der Waals surface area contributed by atoms with Crippen LogP contribution in [0.2, 0.25) is 0 Å². The van der Waals surface area contributed by atoms with Gasteiger partial charge >= 0.3 is 0 Å². The minimum absolute atomic E-state index is 0. The van der Waals surface area contributed by atoms with Gasteiger partial charge in [-0.3, -0.25) is 4.90 Å². The molecule has 0 aliphatic carbocycles. The molecule has 0 bridgehead atoms. The second kappa shape index (κ2) is 11.1. The smallest absolute Gasteiger partial charge is 0.118 e. The largest absolute Gasteiger partial charge is 0.497 e. The molecule has 0 amide bonds. The lowest BCUT2D eigenvalue weighted by Gasteiger charge is -2.35. The number of methoxy groups -OCH3 is 1. The van der Waals surface area contributed by atoms with E-state index in [1.54, 1.807) is 7.11 Å². The molecule has 1 atom stereocenters. The fourth-order valence-corrected chi connectivity index (χ4v) is 2.87. The van der Waals surface area contributed by atoms with Crippen molar-refractivity contribution in [1.82, 2.24) is 10.2 Å². The minimum atomic E-state index is 0. The standard InChI is InChI=1S/C17H28N2O.2ClH/c1-14(2)4-9-17(19-12-10-18-11-13-19)15-5-7-16(20-3)8-6-15;;/h5-8,14,17-18H,4,9-13H2,1-3H3;2*1H/t17-;;/m1../s1. The third-order valence-corrected chi connectivity index (χ3v) is 4.11. The van der Waals surface area contributed by atoms with Crippen molar-refractivity contribution >= 4 is 24.8 Å². The summed E-state index contributed by atoms with van der Waals surface area (Å²) in [6.07, 6.45) is 2.52. The van der Waals surface area contributed by atoms with Gasteiger partial charge in [0.1, 0.15) is 5.75 Å². The second-order valence-electron chi connectivity index (χ2n) is 6.05. The SMILES string of the molecule is COc1ccc([C@@H](CCC(C)C)N2CCNCC2)cc1.Cl.Cl. The van der Waals surface area contributed by atoms with Crippen molar-refractivity contribution in [2.45, 2.75) is 32.7 Å². The molecule has 5 heteroatoms. The van der Waals surface area contributed by atoms with Crippen LogP contribution in [0.1, 0.15) is 38.3 Å². The number of piperazine rings is 1. The summed E-state index contributed by atoms with van der Waals surface area (Å²) in [5.74, 6) is 1.70. The molecule has 1 N–H and O–H groups in total. The Kier molecular flexibility index (Phi) is 10.9. The highest BCUT2D eigenvalue weighted by molar-refractivity contribution is 5.85. The van der Waals surface area contributed by atoms with Gasteiger partial charge in [-0.25, -0.2) is 0 Å². The van der Waals surface area contributed by atoms with E-state index >= 15 is 0 Å². The number of nitrogens with one attached hydrogen (secondary N) is 1. The van der Waals surface area contributed by atoms with Gasteiger partial charge in [0.15, 0.2) is 0 Å². The van der Waals surface area contributed by atoms with Crippen LogP contribution in [-0.2, 0) is 0 Å². The van der Waals surface area contributed by atoms with Gasteiger partial charge in [-0.2, -0.15) is 0 Å². The third kappa shape index (κ3) is 6.33. The van der Waals surface area contributed by atoms with Gasteiger partial charge < -0.3 is 10.1 Å². The van der Waals surface area contributed by atoms with Crippen LogP contribution in [0.25, 0.3) is 0 Å². The van der Waals surface area contributed by atoms with Gasteiger partial charge in [-0.1, -0.05) is 26.0 Å². The number of benzene rings is 1. The van der Waals surface area contributed by atoms with Crippen LogP contribution >= 0.6 is 24.8 Å². The molecular weight excluding hydrogens is 319 g/mol. The molecule has 0 radical (unpaired) electrons. The topological polar surface area (TPSA) is 24.5 Å². The summed E-state index contributed by atoms with van der Waals surface area (Å²) >= 11 is 0. The van der Waals surface area contributed by atoms with Crippen LogP contribution in [0.5, 0.6) is 5.75 Å². The van der Waals surface area contributed by atoms with Gasteiger partial charge in [-0.05, 0) is 36.5 Å². The zero-order valence-electron chi connectivity index (χ0n) is 13.9. The Balaban J connectivity index is 0.00000220. The molecule has 2 rings (SSSR count). The summed E-state index contributed by atoms with van der Waals surface area (Å²) in [4.78, 5) is 2.63. The third-order valence-electron chi connectivity index (χ3n) is 4.11. The monoisotopic (exact) mass is 348 g/mol. The molecule has 1 aromatic carbocycles. The van der Waals surface area contributed by atoms with Crippen LogP contribution in [0.4, 0.5) is 0 Å². The zero-order chi connectivity index (χ0) is 14.4. The van der Waals surface area contributed by atoms with Crippen molar-refractivity contribution in [1.29, 1.82) is 0 Å². The maximum absolute atomic E-state index is 5.27. The van der Waals surface area contributed by atoms with Gasteiger partial charge in [0.2, 0.25) is 0 Å². The first-order chi connectivity index (χ1) is 9.70. The van der Waals surface area contributed by atoms with Gasteiger partial charge in [0, 0.05) is 32.2 Å². The maximum Gasteiger partial charge on any atom is 0.118 e. The summed E-state index contributed by atoms with van der Waals surface area (Å²) in [6.45, 7) is 9.12. The molecule has 0 unspecified atom stereocenters. The van der Waals surface area contributed by atoms with Gasteiger partial charge in [0.25, 0.3) is 0 Å². The molecule has 1 aliphatic rings. The Morgan fingerprint density at radius 2 is 1.64 bits per heavy atom. The molecule has 1 heterocycles. The molecule has 1 fully saturated rings. The number of halogens is 2. The highest BCUT2D eigenvalue weighted by atomic mass is 35.5. The van der Waals surface area contributed by atoms with E-state index in [4.69, 9.17) is 4.74 Å². The van der Waals surface area contributed by atoms with Gasteiger partial charge in [0.05, 0.1) is 7.11 Å². The summed E-state index contributed by atoms with van der Waals surface area (Å²) < 4.78 is 5.27. The summed E-state index contributed by atoms with van der Waals surface area (Å²) in [5, 5.41) is 3.44. The average Bonchev–Trinajstić information content (AvgIpc) is 2.49. The predicted molar refractivity (Wildman–Crippen MR) is 98.7 cm³/mol. The average molecular weight is 349 g/mol. The van der Waals surface area contributed by atoms with E-state index in [2.05, 4.69) is 48.3 Å². The van der Waals surface area contributed by atoms with Crippen LogP contribution in [0.15, 0.2) is 24.3 Å². The molecule has 1 saturated heterocycles. The lowest BCUT2D eigenvalue weighted by atomic mass is 9.95. The molecule has 128 valence electrons. The van der Waals surface area contributed by atoms with Crippen LogP contribution in [0, 0.1) is 5.92 Å². The number of hydrogen-bond acceptors (Lipinski definition) is 3. The Hall–Kier alpha value is -0.480. The number of hydrogen-bond donors (Lipinski definition) is 1. The maximum atomic E-state index is 5.27. The molecule has 1 aliphatic heterocycles. The fourth-order valence-electron chi connectivity index (χ4n) is 2.87. The number of nitrogens with zero attached hydrogens (tertiary/aromatic N) is 1. The number of ether oxygens (including phenoxy) is 1. The molecular formula is C17H30Cl2N2O. The highest BCUT2D eigenvalue weighted by Gasteiger charge is 2.22. The molecule has 22 heavy (non-hydrogen) atoms. The Labute approximate surface area is 147 Å². The second-order valence-corrected chi connectivity index (χ2v) is 6.05. The normalized spacial score (nSPS) is 16.5.